The molecule has 0 radical (unpaired) electrons. The Morgan fingerprint density at radius 1 is 1.26 bits per heavy atom. The summed E-state index contributed by atoms with van der Waals surface area (Å²) in [6.45, 7) is 5.81. The third-order valence-electron chi connectivity index (χ3n) is 3.20. The van der Waals surface area contributed by atoms with Gasteiger partial charge in [0.1, 0.15) is 11.5 Å². The number of nitrogens with zero attached hydrogens (tertiary/aromatic N) is 4. The van der Waals surface area contributed by atoms with Crippen molar-refractivity contribution in [2.45, 2.75) is 20.4 Å². The monoisotopic (exact) mass is 255 g/mol. The number of nitrogens with one attached hydrogen (secondary N) is 1. The second-order valence-electron chi connectivity index (χ2n) is 4.44. The van der Waals surface area contributed by atoms with Crippen LogP contribution in [0.1, 0.15) is 18.4 Å². The van der Waals surface area contributed by atoms with Crippen LogP contribution in [0, 0.1) is 6.92 Å². The van der Waals surface area contributed by atoms with Gasteiger partial charge in [0.25, 0.3) is 0 Å². The minimum atomic E-state index is 0.786. The van der Waals surface area contributed by atoms with E-state index in [1.807, 2.05) is 42.1 Å². The molecule has 5 nitrogen and oxygen atoms in total. The molecule has 5 heteroatoms. The van der Waals surface area contributed by atoms with Crippen molar-refractivity contribution in [1.82, 2.24) is 24.3 Å². The highest BCUT2D eigenvalue weighted by Crippen LogP contribution is 2.18. The summed E-state index contributed by atoms with van der Waals surface area (Å²) < 4.78 is 4.15. The molecule has 3 heterocycles. The van der Waals surface area contributed by atoms with Gasteiger partial charge in [0.15, 0.2) is 5.82 Å². The molecule has 0 aliphatic rings. The van der Waals surface area contributed by atoms with E-state index >= 15 is 0 Å². The molecule has 0 aliphatic carbocycles. The number of hydrogen-bond donors (Lipinski definition) is 1. The summed E-state index contributed by atoms with van der Waals surface area (Å²) in [5, 5.41) is 3.37. The second-order valence-corrected chi connectivity index (χ2v) is 4.44. The van der Waals surface area contributed by atoms with Gasteiger partial charge in [-0.05, 0) is 25.6 Å². The summed E-state index contributed by atoms with van der Waals surface area (Å²) in [5.74, 6) is 1.89. The van der Waals surface area contributed by atoms with Crippen LogP contribution in [0.5, 0.6) is 0 Å². The molecule has 0 atom stereocenters. The van der Waals surface area contributed by atoms with E-state index in [0.717, 1.165) is 36.1 Å². The highest BCUT2D eigenvalue weighted by molar-refractivity contribution is 5.49. The van der Waals surface area contributed by atoms with E-state index in [1.165, 1.54) is 0 Å². The van der Waals surface area contributed by atoms with E-state index < -0.39 is 0 Å². The van der Waals surface area contributed by atoms with Crippen molar-refractivity contribution in [2.24, 2.45) is 0 Å². The van der Waals surface area contributed by atoms with E-state index in [4.69, 9.17) is 4.98 Å². The van der Waals surface area contributed by atoms with Crippen LogP contribution >= 0.6 is 0 Å². The molecule has 0 unspecified atom stereocenters. The Morgan fingerprint density at radius 2 is 2.16 bits per heavy atom. The van der Waals surface area contributed by atoms with Crippen molar-refractivity contribution in [3.8, 4) is 5.82 Å². The maximum atomic E-state index is 4.71. The van der Waals surface area contributed by atoms with Gasteiger partial charge in [-0.2, -0.15) is 0 Å². The molecule has 1 N–H and O–H groups in total. The maximum Gasteiger partial charge on any atom is 0.161 e. The van der Waals surface area contributed by atoms with E-state index in [-0.39, 0.29) is 0 Å². The highest BCUT2D eigenvalue weighted by Gasteiger charge is 2.14. The summed E-state index contributed by atoms with van der Waals surface area (Å²) in [5.41, 5.74) is 2.11. The molecule has 0 bridgehead atoms. The molecule has 19 heavy (non-hydrogen) atoms. The summed E-state index contributed by atoms with van der Waals surface area (Å²) in [7, 11) is 0. The largest absolute Gasteiger partial charge is 0.311 e. The van der Waals surface area contributed by atoms with Crippen LogP contribution in [-0.2, 0) is 6.54 Å². The van der Waals surface area contributed by atoms with Crippen LogP contribution < -0.4 is 5.32 Å². The van der Waals surface area contributed by atoms with Crippen LogP contribution in [0.25, 0.3) is 11.5 Å². The SMILES string of the molecule is CCNCc1c(-n2ccnc2C)nc2ccccn12. The molecule has 3 rings (SSSR count). The molecule has 3 aromatic rings. The Balaban J connectivity index is 2.20. The van der Waals surface area contributed by atoms with Crippen molar-refractivity contribution in [2.75, 3.05) is 6.54 Å². The van der Waals surface area contributed by atoms with Gasteiger partial charge in [0, 0.05) is 25.1 Å². The van der Waals surface area contributed by atoms with Gasteiger partial charge in [0.05, 0.1) is 5.69 Å². The number of aromatic nitrogens is 4. The van der Waals surface area contributed by atoms with Crippen molar-refractivity contribution < 1.29 is 0 Å². The van der Waals surface area contributed by atoms with Crippen molar-refractivity contribution in [1.29, 1.82) is 0 Å². The minimum absolute atomic E-state index is 0.786. The number of pyridine rings is 1. The van der Waals surface area contributed by atoms with Gasteiger partial charge in [-0.1, -0.05) is 13.0 Å². The third-order valence-corrected chi connectivity index (χ3v) is 3.20. The molecule has 0 spiro atoms. The van der Waals surface area contributed by atoms with E-state index in [9.17, 15) is 0 Å². The van der Waals surface area contributed by atoms with Crippen LogP contribution in [-0.4, -0.2) is 25.5 Å². The Morgan fingerprint density at radius 3 is 2.89 bits per heavy atom. The van der Waals surface area contributed by atoms with Gasteiger partial charge in [0.2, 0.25) is 0 Å². The lowest BCUT2D eigenvalue weighted by molar-refractivity contribution is 0.699. The number of rotatable bonds is 4. The van der Waals surface area contributed by atoms with Crippen LogP contribution in [0.4, 0.5) is 0 Å². The van der Waals surface area contributed by atoms with Gasteiger partial charge in [-0.25, -0.2) is 9.97 Å². The number of fused-ring (bicyclic) bond motifs is 1. The first-order valence-corrected chi connectivity index (χ1v) is 6.48. The zero-order valence-electron chi connectivity index (χ0n) is 11.2. The number of aryl methyl sites for hydroxylation is 1. The normalized spacial score (nSPS) is 11.3. The lowest BCUT2D eigenvalue weighted by atomic mass is 10.4. The predicted molar refractivity (Wildman–Crippen MR) is 74.4 cm³/mol. The predicted octanol–water partition coefficient (Wildman–Crippen LogP) is 1.94. The Hall–Kier alpha value is -2.14. The third kappa shape index (κ3) is 2.02. The highest BCUT2D eigenvalue weighted by atomic mass is 15.2. The average Bonchev–Trinajstić information content (AvgIpc) is 2.99. The van der Waals surface area contributed by atoms with Crippen LogP contribution in [0.15, 0.2) is 36.8 Å². The van der Waals surface area contributed by atoms with Gasteiger partial charge in [-0.15, -0.1) is 0 Å². The molecule has 0 saturated carbocycles. The smallest absolute Gasteiger partial charge is 0.161 e. The van der Waals surface area contributed by atoms with E-state index in [0.29, 0.717) is 0 Å². The van der Waals surface area contributed by atoms with Crippen molar-refractivity contribution in [3.63, 3.8) is 0 Å². The van der Waals surface area contributed by atoms with E-state index in [2.05, 4.69) is 21.6 Å². The fourth-order valence-electron chi connectivity index (χ4n) is 2.24. The first-order chi connectivity index (χ1) is 9.31. The summed E-state index contributed by atoms with van der Waals surface area (Å²) in [6.07, 6.45) is 5.80. The summed E-state index contributed by atoms with van der Waals surface area (Å²) in [4.78, 5) is 8.99. The second kappa shape index (κ2) is 4.85. The standard InChI is InChI=1S/C14H17N5/c1-3-15-10-12-14(18-9-7-16-11(18)2)17-13-6-4-5-8-19(12)13/h4-9,15H,3,10H2,1-2H3. The zero-order chi connectivity index (χ0) is 13.2. The van der Waals surface area contributed by atoms with Crippen molar-refractivity contribution in [3.05, 3.63) is 48.3 Å². The summed E-state index contributed by atoms with van der Waals surface area (Å²) in [6, 6.07) is 6.05. The van der Waals surface area contributed by atoms with Crippen molar-refractivity contribution >= 4 is 5.65 Å². The molecule has 0 aliphatic heterocycles. The Kier molecular flexibility index (Phi) is 3.05. The fraction of sp³-hybridized carbons (Fsp3) is 0.286. The van der Waals surface area contributed by atoms with Crippen LogP contribution in [0.3, 0.4) is 0 Å². The lowest BCUT2D eigenvalue weighted by Gasteiger charge is -2.07. The lowest BCUT2D eigenvalue weighted by Crippen LogP contribution is -2.15. The van der Waals surface area contributed by atoms with E-state index in [1.54, 1.807) is 6.20 Å². The topological polar surface area (TPSA) is 47.2 Å². The van der Waals surface area contributed by atoms with Gasteiger partial charge >= 0.3 is 0 Å². The first-order valence-electron chi connectivity index (χ1n) is 6.48. The average molecular weight is 255 g/mol. The first kappa shape index (κ1) is 11.9. The molecule has 98 valence electrons. The molecule has 0 amide bonds. The summed E-state index contributed by atoms with van der Waals surface area (Å²) >= 11 is 0. The molecule has 0 aromatic carbocycles. The van der Waals surface area contributed by atoms with Crippen LogP contribution in [0.2, 0.25) is 0 Å². The van der Waals surface area contributed by atoms with Gasteiger partial charge < -0.3 is 9.72 Å². The number of imidazole rings is 2. The Bertz CT molecular complexity index is 695. The minimum Gasteiger partial charge on any atom is -0.311 e. The van der Waals surface area contributed by atoms with Gasteiger partial charge in [-0.3, -0.25) is 4.57 Å². The Labute approximate surface area is 111 Å². The zero-order valence-corrected chi connectivity index (χ0v) is 11.2. The molecular weight excluding hydrogens is 238 g/mol. The molecule has 0 fully saturated rings. The molecular formula is C14H17N5. The molecule has 3 aromatic heterocycles. The fourth-order valence-corrected chi connectivity index (χ4v) is 2.24. The maximum absolute atomic E-state index is 4.71. The quantitative estimate of drug-likeness (QED) is 0.775. The molecule has 0 saturated heterocycles. The number of hydrogen-bond acceptors (Lipinski definition) is 3.